The summed E-state index contributed by atoms with van der Waals surface area (Å²) in [5.41, 5.74) is 1.29. The number of halogens is 1. The van der Waals surface area contributed by atoms with Crippen molar-refractivity contribution < 1.29 is 4.74 Å². The van der Waals surface area contributed by atoms with E-state index >= 15 is 0 Å². The van der Waals surface area contributed by atoms with E-state index in [2.05, 4.69) is 53.3 Å². The zero-order valence-corrected chi connectivity index (χ0v) is 13.5. The number of rotatable bonds is 5. The standard InChI is InChI=1S/C16H24BrNO/c1-3-18-11-13-6-9-16(15(17)10-13)19-14-7-4-12(2)5-8-14/h6,9-10,12,14,18H,3-5,7-8,11H2,1-2H3. The summed E-state index contributed by atoms with van der Waals surface area (Å²) >= 11 is 3.62. The van der Waals surface area contributed by atoms with Gasteiger partial charge in [-0.15, -0.1) is 0 Å². The van der Waals surface area contributed by atoms with Crippen LogP contribution in [0.3, 0.4) is 0 Å². The molecule has 0 aliphatic heterocycles. The molecule has 0 bridgehead atoms. The molecule has 0 spiro atoms. The van der Waals surface area contributed by atoms with Gasteiger partial charge in [-0.25, -0.2) is 0 Å². The topological polar surface area (TPSA) is 21.3 Å². The molecule has 106 valence electrons. The molecule has 1 saturated carbocycles. The van der Waals surface area contributed by atoms with E-state index in [0.29, 0.717) is 6.10 Å². The molecule has 1 fully saturated rings. The quantitative estimate of drug-likeness (QED) is 0.859. The minimum Gasteiger partial charge on any atom is -0.489 e. The molecule has 2 nitrogen and oxygen atoms in total. The molecule has 1 N–H and O–H groups in total. The molecule has 2 rings (SSSR count). The molecule has 0 saturated heterocycles. The minimum absolute atomic E-state index is 0.395. The second kappa shape index (κ2) is 7.30. The third kappa shape index (κ3) is 4.50. The largest absolute Gasteiger partial charge is 0.489 e. The third-order valence-corrected chi connectivity index (χ3v) is 4.45. The van der Waals surface area contributed by atoms with Crippen molar-refractivity contribution in [2.45, 2.75) is 52.2 Å². The fourth-order valence-corrected chi connectivity index (χ4v) is 3.07. The van der Waals surface area contributed by atoms with Crippen molar-refractivity contribution in [2.75, 3.05) is 6.54 Å². The molecule has 1 aromatic rings. The first-order valence-electron chi connectivity index (χ1n) is 7.34. The first-order chi connectivity index (χ1) is 9.19. The normalized spacial score (nSPS) is 23.3. The molecule has 0 atom stereocenters. The Morgan fingerprint density at radius 3 is 2.63 bits per heavy atom. The Hall–Kier alpha value is -0.540. The lowest BCUT2D eigenvalue weighted by atomic mass is 9.89. The smallest absolute Gasteiger partial charge is 0.133 e. The van der Waals surface area contributed by atoms with Crippen LogP contribution in [-0.2, 0) is 6.54 Å². The van der Waals surface area contributed by atoms with Crippen LogP contribution in [0.2, 0.25) is 0 Å². The van der Waals surface area contributed by atoms with Gasteiger partial charge in [-0.2, -0.15) is 0 Å². The minimum atomic E-state index is 0.395. The van der Waals surface area contributed by atoms with Crippen molar-refractivity contribution >= 4 is 15.9 Å². The monoisotopic (exact) mass is 325 g/mol. The van der Waals surface area contributed by atoms with Crippen LogP contribution < -0.4 is 10.1 Å². The highest BCUT2D eigenvalue weighted by Gasteiger charge is 2.20. The third-order valence-electron chi connectivity index (χ3n) is 3.83. The fraction of sp³-hybridized carbons (Fsp3) is 0.625. The van der Waals surface area contributed by atoms with Crippen molar-refractivity contribution in [3.8, 4) is 5.75 Å². The summed E-state index contributed by atoms with van der Waals surface area (Å²) in [6, 6.07) is 6.40. The van der Waals surface area contributed by atoms with Gasteiger partial charge in [0.2, 0.25) is 0 Å². The maximum absolute atomic E-state index is 6.13. The molecular formula is C16H24BrNO. The summed E-state index contributed by atoms with van der Waals surface area (Å²) < 4.78 is 7.20. The number of ether oxygens (including phenoxy) is 1. The summed E-state index contributed by atoms with van der Waals surface area (Å²) in [5, 5.41) is 3.34. The van der Waals surface area contributed by atoms with Crippen LogP contribution in [0, 0.1) is 5.92 Å². The Kier molecular flexibility index (Phi) is 5.71. The molecule has 0 amide bonds. The van der Waals surface area contributed by atoms with Crippen molar-refractivity contribution in [2.24, 2.45) is 5.92 Å². The lowest BCUT2D eigenvalue weighted by Gasteiger charge is -2.27. The van der Waals surface area contributed by atoms with Gasteiger partial charge >= 0.3 is 0 Å². The van der Waals surface area contributed by atoms with E-state index in [1.54, 1.807) is 0 Å². The molecule has 1 aliphatic carbocycles. The predicted molar refractivity (Wildman–Crippen MR) is 83.6 cm³/mol. The fourth-order valence-electron chi connectivity index (χ4n) is 2.55. The van der Waals surface area contributed by atoms with Crippen LogP contribution in [0.1, 0.15) is 45.1 Å². The molecule has 0 radical (unpaired) electrons. The van der Waals surface area contributed by atoms with Crippen molar-refractivity contribution in [3.05, 3.63) is 28.2 Å². The highest BCUT2D eigenvalue weighted by molar-refractivity contribution is 9.10. The second-order valence-electron chi connectivity index (χ2n) is 5.54. The molecule has 1 aliphatic rings. The van der Waals surface area contributed by atoms with E-state index in [0.717, 1.165) is 29.2 Å². The van der Waals surface area contributed by atoms with E-state index in [9.17, 15) is 0 Å². The molecule has 0 aromatic heterocycles. The van der Waals surface area contributed by atoms with Gasteiger partial charge in [-0.05, 0) is 71.8 Å². The van der Waals surface area contributed by atoms with Crippen LogP contribution in [-0.4, -0.2) is 12.6 Å². The Balaban J connectivity index is 1.93. The summed E-state index contributed by atoms with van der Waals surface area (Å²) in [5.74, 6) is 1.85. The average molecular weight is 326 g/mol. The predicted octanol–water partition coefficient (Wildman–Crippen LogP) is 4.52. The van der Waals surface area contributed by atoms with Crippen LogP contribution in [0.15, 0.2) is 22.7 Å². The molecule has 1 aromatic carbocycles. The van der Waals surface area contributed by atoms with E-state index in [-0.39, 0.29) is 0 Å². The number of benzene rings is 1. The second-order valence-corrected chi connectivity index (χ2v) is 6.40. The Morgan fingerprint density at radius 2 is 2.00 bits per heavy atom. The van der Waals surface area contributed by atoms with Gasteiger partial charge in [0.1, 0.15) is 5.75 Å². The van der Waals surface area contributed by atoms with E-state index in [1.165, 1.54) is 31.2 Å². The highest BCUT2D eigenvalue weighted by Crippen LogP contribution is 2.31. The molecular weight excluding hydrogens is 302 g/mol. The van der Waals surface area contributed by atoms with Crippen molar-refractivity contribution in [3.63, 3.8) is 0 Å². The molecule has 19 heavy (non-hydrogen) atoms. The summed E-state index contributed by atoms with van der Waals surface area (Å²) in [6.45, 7) is 6.37. The molecule has 0 heterocycles. The van der Waals surface area contributed by atoms with Crippen molar-refractivity contribution in [1.29, 1.82) is 0 Å². The number of hydrogen-bond acceptors (Lipinski definition) is 2. The van der Waals surface area contributed by atoms with Crippen molar-refractivity contribution in [1.82, 2.24) is 5.32 Å². The van der Waals surface area contributed by atoms with Crippen LogP contribution in [0.4, 0.5) is 0 Å². The van der Waals surface area contributed by atoms with Gasteiger partial charge in [0.15, 0.2) is 0 Å². The van der Waals surface area contributed by atoms with Gasteiger partial charge in [0.05, 0.1) is 10.6 Å². The van der Waals surface area contributed by atoms with E-state index < -0.39 is 0 Å². The van der Waals surface area contributed by atoms with Gasteiger partial charge < -0.3 is 10.1 Å². The first-order valence-corrected chi connectivity index (χ1v) is 8.14. The average Bonchev–Trinajstić information content (AvgIpc) is 2.41. The number of nitrogens with one attached hydrogen (secondary N) is 1. The summed E-state index contributed by atoms with van der Waals surface area (Å²) in [7, 11) is 0. The lowest BCUT2D eigenvalue weighted by molar-refractivity contribution is 0.134. The Morgan fingerprint density at radius 1 is 1.26 bits per heavy atom. The van der Waals surface area contributed by atoms with Crippen LogP contribution in [0.25, 0.3) is 0 Å². The summed E-state index contributed by atoms with van der Waals surface area (Å²) in [6.07, 6.45) is 5.35. The lowest BCUT2D eigenvalue weighted by Crippen LogP contribution is -2.23. The van der Waals surface area contributed by atoms with E-state index in [1.807, 2.05) is 0 Å². The zero-order chi connectivity index (χ0) is 13.7. The molecule has 3 heteroatoms. The van der Waals surface area contributed by atoms with E-state index in [4.69, 9.17) is 4.74 Å². The molecule has 0 unspecified atom stereocenters. The number of hydrogen-bond donors (Lipinski definition) is 1. The maximum Gasteiger partial charge on any atom is 0.133 e. The van der Waals surface area contributed by atoms with Gasteiger partial charge in [-0.3, -0.25) is 0 Å². The van der Waals surface area contributed by atoms with Crippen LogP contribution in [0.5, 0.6) is 5.75 Å². The van der Waals surface area contributed by atoms with Gasteiger partial charge in [0, 0.05) is 6.54 Å². The Labute approximate surface area is 125 Å². The first kappa shape index (κ1) is 14.9. The SMILES string of the molecule is CCNCc1ccc(OC2CCC(C)CC2)c(Br)c1. The van der Waals surface area contributed by atoms with Crippen LogP contribution >= 0.6 is 15.9 Å². The highest BCUT2D eigenvalue weighted by atomic mass is 79.9. The Bertz CT molecular complexity index is 400. The zero-order valence-electron chi connectivity index (χ0n) is 11.9. The van der Waals surface area contributed by atoms with Gasteiger partial charge in [-0.1, -0.05) is 19.9 Å². The summed E-state index contributed by atoms with van der Waals surface area (Å²) in [4.78, 5) is 0. The van der Waals surface area contributed by atoms with Gasteiger partial charge in [0.25, 0.3) is 0 Å². The maximum atomic E-state index is 6.13.